The average Bonchev–Trinajstić information content (AvgIpc) is 3.94. The number of benzene rings is 10. The number of aromatic nitrogens is 5. The van der Waals surface area contributed by atoms with Crippen molar-refractivity contribution in [3.05, 3.63) is 230 Å². The van der Waals surface area contributed by atoms with Crippen LogP contribution in [0.3, 0.4) is 0 Å². The number of allylic oxidation sites excluding steroid dienone is 4. The molecular formula is C63H41N5. The first-order valence-corrected chi connectivity index (χ1v) is 23.4. The monoisotopic (exact) mass is 867 g/mol. The fraction of sp³-hybridized carbons (Fsp3) is 0.0317. The first kappa shape index (κ1) is 38.3. The number of hydrogen-bond donors (Lipinski definition) is 0. The zero-order valence-electron chi connectivity index (χ0n) is 37.0. The van der Waals surface area contributed by atoms with Crippen LogP contribution in [0.5, 0.6) is 0 Å². The van der Waals surface area contributed by atoms with E-state index in [9.17, 15) is 0 Å². The summed E-state index contributed by atoms with van der Waals surface area (Å²) < 4.78 is 4.86. The molecule has 0 saturated carbocycles. The summed E-state index contributed by atoms with van der Waals surface area (Å²) in [7, 11) is 0. The van der Waals surface area contributed by atoms with E-state index in [2.05, 4.69) is 209 Å². The van der Waals surface area contributed by atoms with Crippen LogP contribution in [0.25, 0.3) is 127 Å². The Bertz CT molecular complexity index is 4200. The highest BCUT2D eigenvalue weighted by atomic mass is 15.2. The molecule has 68 heavy (non-hydrogen) atoms. The van der Waals surface area contributed by atoms with Gasteiger partial charge in [-0.1, -0.05) is 206 Å². The van der Waals surface area contributed by atoms with Crippen molar-refractivity contribution in [1.29, 1.82) is 0 Å². The van der Waals surface area contributed by atoms with Crippen molar-refractivity contribution in [1.82, 2.24) is 24.1 Å². The molecule has 0 fully saturated rings. The molecule has 3 aromatic heterocycles. The zero-order chi connectivity index (χ0) is 44.7. The third kappa shape index (κ3) is 5.92. The van der Waals surface area contributed by atoms with Gasteiger partial charge in [0.05, 0.1) is 22.1 Å². The van der Waals surface area contributed by atoms with Crippen molar-refractivity contribution in [2.24, 2.45) is 0 Å². The second-order valence-electron chi connectivity index (χ2n) is 17.8. The molecule has 10 aromatic carbocycles. The highest BCUT2D eigenvalue weighted by molar-refractivity contribution is 6.27. The third-order valence-corrected chi connectivity index (χ3v) is 14.0. The number of para-hydroxylation sites is 2. The summed E-state index contributed by atoms with van der Waals surface area (Å²) >= 11 is 0. The zero-order valence-corrected chi connectivity index (χ0v) is 37.0. The van der Waals surface area contributed by atoms with E-state index in [1.54, 1.807) is 0 Å². The van der Waals surface area contributed by atoms with Gasteiger partial charge < -0.3 is 4.57 Å². The van der Waals surface area contributed by atoms with Gasteiger partial charge in [0.2, 0.25) is 5.95 Å². The molecule has 0 unspecified atom stereocenters. The van der Waals surface area contributed by atoms with Gasteiger partial charge in [0.15, 0.2) is 11.6 Å². The van der Waals surface area contributed by atoms with E-state index in [0.29, 0.717) is 17.6 Å². The first-order valence-electron chi connectivity index (χ1n) is 23.4. The minimum Gasteiger partial charge on any atom is -0.310 e. The Balaban J connectivity index is 1.06. The fourth-order valence-corrected chi connectivity index (χ4v) is 11.0. The Morgan fingerprint density at radius 3 is 1.37 bits per heavy atom. The van der Waals surface area contributed by atoms with Crippen molar-refractivity contribution in [2.45, 2.75) is 12.8 Å². The van der Waals surface area contributed by atoms with E-state index in [4.69, 9.17) is 15.0 Å². The number of fused-ring (bicyclic) bond motifs is 13. The van der Waals surface area contributed by atoms with Gasteiger partial charge >= 0.3 is 0 Å². The number of nitrogens with zero attached hydrogens (tertiary/aromatic N) is 5. The predicted molar refractivity (Wildman–Crippen MR) is 284 cm³/mol. The lowest BCUT2D eigenvalue weighted by molar-refractivity contribution is 0.950. The van der Waals surface area contributed by atoms with Crippen molar-refractivity contribution >= 4 is 87.2 Å². The van der Waals surface area contributed by atoms with Crippen molar-refractivity contribution in [3.8, 4) is 39.9 Å². The summed E-state index contributed by atoms with van der Waals surface area (Å²) in [5.74, 6) is 1.81. The van der Waals surface area contributed by atoms with Crippen LogP contribution < -0.4 is 0 Å². The van der Waals surface area contributed by atoms with E-state index >= 15 is 0 Å². The summed E-state index contributed by atoms with van der Waals surface area (Å²) in [6.45, 7) is 0. The largest absolute Gasteiger partial charge is 0.310 e. The second kappa shape index (κ2) is 15.3. The molecule has 0 N–H and O–H groups in total. The Labute approximate surface area is 392 Å². The molecule has 14 rings (SSSR count). The molecular weight excluding hydrogens is 827 g/mol. The maximum absolute atomic E-state index is 5.42. The van der Waals surface area contributed by atoms with E-state index < -0.39 is 0 Å². The summed E-state index contributed by atoms with van der Waals surface area (Å²) in [4.78, 5) is 16.0. The summed E-state index contributed by atoms with van der Waals surface area (Å²) in [5.41, 5.74) is 12.3. The lowest BCUT2D eigenvalue weighted by Gasteiger charge is -2.21. The van der Waals surface area contributed by atoms with Crippen LogP contribution in [0.1, 0.15) is 18.4 Å². The Morgan fingerprint density at radius 2 is 0.750 bits per heavy atom. The van der Waals surface area contributed by atoms with E-state index in [0.717, 1.165) is 56.9 Å². The highest BCUT2D eigenvalue weighted by Crippen LogP contribution is 2.45. The van der Waals surface area contributed by atoms with Crippen LogP contribution in [0.4, 0.5) is 0 Å². The van der Waals surface area contributed by atoms with E-state index in [1.807, 2.05) is 24.3 Å². The molecule has 0 amide bonds. The van der Waals surface area contributed by atoms with Crippen LogP contribution in [-0.4, -0.2) is 24.1 Å². The van der Waals surface area contributed by atoms with E-state index in [-0.39, 0.29) is 0 Å². The molecule has 5 nitrogen and oxygen atoms in total. The van der Waals surface area contributed by atoms with Gasteiger partial charge in [-0.15, -0.1) is 0 Å². The minimum atomic E-state index is 0.572. The molecule has 5 heteroatoms. The smallest absolute Gasteiger partial charge is 0.238 e. The Hall–Kier alpha value is -8.93. The van der Waals surface area contributed by atoms with E-state index in [1.165, 1.54) is 71.0 Å². The average molecular weight is 868 g/mol. The number of rotatable bonds is 6. The van der Waals surface area contributed by atoms with Crippen LogP contribution in [0, 0.1) is 0 Å². The molecule has 0 radical (unpaired) electrons. The van der Waals surface area contributed by atoms with Gasteiger partial charge in [-0.2, -0.15) is 9.97 Å². The first-order chi connectivity index (χ1) is 33.7. The fourth-order valence-electron chi connectivity index (χ4n) is 11.0. The predicted octanol–water partition coefficient (Wildman–Crippen LogP) is 16.3. The molecule has 318 valence electrons. The normalized spacial score (nSPS) is 13.1. The molecule has 0 saturated heterocycles. The summed E-state index contributed by atoms with van der Waals surface area (Å²) in [6, 6.07) is 76.3. The van der Waals surface area contributed by atoms with Gasteiger partial charge in [0.25, 0.3) is 0 Å². The maximum Gasteiger partial charge on any atom is 0.238 e. The third-order valence-electron chi connectivity index (χ3n) is 14.0. The van der Waals surface area contributed by atoms with Gasteiger partial charge in [0.1, 0.15) is 0 Å². The van der Waals surface area contributed by atoms with Crippen LogP contribution >= 0.6 is 0 Å². The molecule has 1 aliphatic carbocycles. The number of hydrogen-bond acceptors (Lipinski definition) is 3. The van der Waals surface area contributed by atoms with Crippen LogP contribution in [-0.2, 0) is 0 Å². The van der Waals surface area contributed by atoms with Crippen molar-refractivity contribution < 1.29 is 0 Å². The van der Waals surface area contributed by atoms with Gasteiger partial charge in [0, 0.05) is 43.9 Å². The highest BCUT2D eigenvalue weighted by Gasteiger charge is 2.26. The lowest BCUT2D eigenvalue weighted by Crippen LogP contribution is -2.08. The van der Waals surface area contributed by atoms with Gasteiger partial charge in [-0.25, -0.2) is 4.98 Å². The quantitative estimate of drug-likeness (QED) is 0.156. The molecule has 0 atom stereocenters. The van der Waals surface area contributed by atoms with Crippen molar-refractivity contribution in [2.75, 3.05) is 0 Å². The van der Waals surface area contributed by atoms with Crippen LogP contribution in [0.2, 0.25) is 0 Å². The summed E-state index contributed by atoms with van der Waals surface area (Å²) in [5, 5.41) is 12.3. The van der Waals surface area contributed by atoms with Gasteiger partial charge in [-0.05, 0) is 80.0 Å². The molecule has 0 bridgehead atoms. The Morgan fingerprint density at radius 1 is 0.324 bits per heavy atom. The molecule has 3 heterocycles. The minimum absolute atomic E-state index is 0.572. The standard InChI is InChI=1S/C63H41N5/c1-3-17-40(18-4-1)41-31-33-43(34-32-41)62-64-61(42-19-5-2-6-20-42)65-63(66-62)68-58-30-16-13-27-52(58)54-38-37-53-51-26-12-15-29-57(51)67(59(53)60(54)68)56-28-14-11-21-45(56)44-35-36-50-48-24-8-7-22-46(48)47-23-9-10-25-49(47)55(50)39-44/h1-13,15-27,29-39H,14,28H2. The molecule has 1 aliphatic rings. The topological polar surface area (TPSA) is 48.5 Å². The van der Waals surface area contributed by atoms with Crippen LogP contribution in [0.15, 0.2) is 224 Å². The molecule has 0 spiro atoms. The lowest BCUT2D eigenvalue weighted by atomic mass is 9.90. The van der Waals surface area contributed by atoms with Crippen molar-refractivity contribution in [3.63, 3.8) is 0 Å². The Kier molecular flexibility index (Phi) is 8.65. The maximum atomic E-state index is 5.42. The molecule has 13 aromatic rings. The summed E-state index contributed by atoms with van der Waals surface area (Å²) in [6.07, 6.45) is 6.51. The second-order valence-corrected chi connectivity index (χ2v) is 17.8. The molecule has 0 aliphatic heterocycles. The van der Waals surface area contributed by atoms with Gasteiger partial charge in [-0.3, -0.25) is 4.57 Å². The SMILES string of the molecule is C1=CC(c2ccc3c4ccccc4c4ccccc4c3c2)=C(n2c3ccccc3c3ccc4c5ccccc5n(-c5nc(-c6ccccc6)nc(-c6ccc(-c7ccccc7)cc6)n5)c4c32)CC1.